The van der Waals surface area contributed by atoms with Gasteiger partial charge in [-0.3, -0.25) is 18.5 Å². The van der Waals surface area contributed by atoms with Crippen molar-refractivity contribution < 1.29 is 14.2 Å². The van der Waals surface area contributed by atoms with Gasteiger partial charge in [0.15, 0.2) is 22.7 Å². The Labute approximate surface area is 161 Å². The summed E-state index contributed by atoms with van der Waals surface area (Å²) in [4.78, 5) is 28.7. The molecule has 0 N–H and O–H groups in total. The van der Waals surface area contributed by atoms with Crippen LogP contribution in [0.2, 0.25) is 0 Å². The summed E-state index contributed by atoms with van der Waals surface area (Å²) in [6.07, 6.45) is 0.608. The van der Waals surface area contributed by atoms with Crippen molar-refractivity contribution in [2.45, 2.75) is 13.3 Å². The molecule has 3 rings (SSSR count). The van der Waals surface area contributed by atoms with Gasteiger partial charge in [0.05, 0.1) is 20.3 Å². The lowest BCUT2D eigenvalue weighted by atomic mass is 10.2. The minimum atomic E-state index is -0.428. The van der Waals surface area contributed by atoms with E-state index in [0.717, 1.165) is 10.1 Å². The van der Waals surface area contributed by atoms with Crippen molar-refractivity contribution in [3.8, 4) is 17.5 Å². The van der Waals surface area contributed by atoms with Crippen LogP contribution in [0.1, 0.15) is 12.0 Å². The molecular weight excluding hydrogens is 364 g/mol. The molecule has 9 heteroatoms. The molecule has 3 aromatic rings. The van der Waals surface area contributed by atoms with Gasteiger partial charge in [-0.25, -0.2) is 4.79 Å². The van der Waals surface area contributed by atoms with Crippen LogP contribution in [0.25, 0.3) is 11.2 Å². The van der Waals surface area contributed by atoms with Crippen LogP contribution in [-0.2, 0) is 21.1 Å². The number of imidazole rings is 1. The maximum Gasteiger partial charge on any atom is 0.332 e. The summed E-state index contributed by atoms with van der Waals surface area (Å²) in [5.41, 5.74) is 0.877. The third-order valence-corrected chi connectivity index (χ3v) is 4.53. The summed E-state index contributed by atoms with van der Waals surface area (Å²) in [7, 11) is 6.30. The highest BCUT2D eigenvalue weighted by Crippen LogP contribution is 2.27. The van der Waals surface area contributed by atoms with Crippen LogP contribution in [0.4, 0.5) is 0 Å². The zero-order valence-electron chi connectivity index (χ0n) is 16.7. The molecule has 1 aromatic carbocycles. The minimum absolute atomic E-state index is 0.279. The van der Waals surface area contributed by atoms with Crippen molar-refractivity contribution in [2.75, 3.05) is 20.3 Å². The number of methoxy groups -OCH3 is 1. The average molecular weight is 388 g/mol. The summed E-state index contributed by atoms with van der Waals surface area (Å²) in [6.45, 7) is 2.77. The van der Waals surface area contributed by atoms with Crippen LogP contribution in [-0.4, -0.2) is 39.0 Å². The zero-order chi connectivity index (χ0) is 20.4. The van der Waals surface area contributed by atoms with Gasteiger partial charge in [-0.05, 0) is 24.6 Å². The lowest BCUT2D eigenvalue weighted by Gasteiger charge is -2.11. The van der Waals surface area contributed by atoms with Gasteiger partial charge in [0.1, 0.15) is 0 Å². The van der Waals surface area contributed by atoms with E-state index in [-0.39, 0.29) is 6.01 Å². The fourth-order valence-corrected chi connectivity index (χ4v) is 2.93. The highest BCUT2D eigenvalue weighted by molar-refractivity contribution is 5.71. The van der Waals surface area contributed by atoms with E-state index in [0.29, 0.717) is 42.3 Å². The van der Waals surface area contributed by atoms with Gasteiger partial charge < -0.3 is 14.2 Å². The second-order valence-corrected chi connectivity index (χ2v) is 6.54. The van der Waals surface area contributed by atoms with E-state index < -0.39 is 11.2 Å². The molecule has 0 radical (unpaired) electrons. The van der Waals surface area contributed by atoms with E-state index in [2.05, 4.69) is 4.98 Å². The predicted molar refractivity (Wildman–Crippen MR) is 105 cm³/mol. The standard InChI is InChI=1S/C19H24N4O5/c1-12-7-8-13(14(11-12)26-5)27-9-6-10-28-18-20-16-15(21(18)2)17(24)23(4)19(25)22(16)3/h7-8,11H,6,9-10H2,1-5H3. The minimum Gasteiger partial charge on any atom is -0.493 e. The van der Waals surface area contributed by atoms with Gasteiger partial charge in [0.2, 0.25) is 0 Å². The fourth-order valence-electron chi connectivity index (χ4n) is 2.93. The molecule has 150 valence electrons. The quantitative estimate of drug-likeness (QED) is 0.564. The molecule has 2 heterocycles. The van der Waals surface area contributed by atoms with E-state index >= 15 is 0 Å². The van der Waals surface area contributed by atoms with Gasteiger partial charge >= 0.3 is 5.69 Å². The summed E-state index contributed by atoms with van der Waals surface area (Å²) in [5, 5.41) is 0. The maximum atomic E-state index is 12.4. The first-order chi connectivity index (χ1) is 13.3. The first-order valence-electron chi connectivity index (χ1n) is 8.87. The highest BCUT2D eigenvalue weighted by Gasteiger charge is 2.17. The Balaban J connectivity index is 1.66. The second-order valence-electron chi connectivity index (χ2n) is 6.54. The number of benzene rings is 1. The van der Waals surface area contributed by atoms with Gasteiger partial charge in [-0.1, -0.05) is 6.07 Å². The highest BCUT2D eigenvalue weighted by atomic mass is 16.5. The molecule has 0 fully saturated rings. The SMILES string of the molecule is COc1cc(C)ccc1OCCCOc1nc2c(c(=O)n(C)c(=O)n2C)n1C. The van der Waals surface area contributed by atoms with Crippen LogP contribution in [0.15, 0.2) is 27.8 Å². The van der Waals surface area contributed by atoms with Crippen LogP contribution < -0.4 is 25.5 Å². The first kappa shape index (κ1) is 19.5. The Kier molecular flexibility index (Phi) is 5.43. The molecular formula is C19H24N4O5. The molecule has 9 nitrogen and oxygen atoms in total. The van der Waals surface area contributed by atoms with Crippen molar-refractivity contribution in [1.29, 1.82) is 0 Å². The number of hydrogen-bond acceptors (Lipinski definition) is 6. The molecule has 0 atom stereocenters. The molecule has 0 aliphatic carbocycles. The van der Waals surface area contributed by atoms with E-state index in [9.17, 15) is 9.59 Å². The number of hydrogen-bond donors (Lipinski definition) is 0. The summed E-state index contributed by atoms with van der Waals surface area (Å²) < 4.78 is 20.7. The lowest BCUT2D eigenvalue weighted by molar-refractivity contribution is 0.227. The number of aryl methyl sites for hydroxylation is 3. The lowest BCUT2D eigenvalue weighted by Crippen LogP contribution is -2.37. The second kappa shape index (κ2) is 7.79. The molecule has 0 aliphatic rings. The molecule has 0 saturated heterocycles. The number of fused-ring (bicyclic) bond motifs is 1. The largest absolute Gasteiger partial charge is 0.493 e. The zero-order valence-corrected chi connectivity index (χ0v) is 16.7. The van der Waals surface area contributed by atoms with Gasteiger partial charge in [0.25, 0.3) is 11.6 Å². The molecule has 0 saturated carbocycles. The topological polar surface area (TPSA) is 89.5 Å². The molecule has 28 heavy (non-hydrogen) atoms. The smallest absolute Gasteiger partial charge is 0.332 e. The normalized spacial score (nSPS) is 11.0. The van der Waals surface area contributed by atoms with Crippen molar-refractivity contribution in [3.05, 3.63) is 44.6 Å². The molecule has 2 aromatic heterocycles. The summed E-state index contributed by atoms with van der Waals surface area (Å²) >= 11 is 0. The third-order valence-electron chi connectivity index (χ3n) is 4.53. The van der Waals surface area contributed by atoms with Crippen LogP contribution in [0, 0.1) is 6.92 Å². The monoisotopic (exact) mass is 388 g/mol. The summed E-state index contributed by atoms with van der Waals surface area (Å²) in [5.74, 6) is 1.36. The summed E-state index contributed by atoms with van der Waals surface area (Å²) in [6, 6.07) is 6.02. The van der Waals surface area contributed by atoms with E-state index in [1.54, 1.807) is 25.8 Å². The third kappa shape index (κ3) is 3.47. The first-order valence-corrected chi connectivity index (χ1v) is 8.87. The molecule has 0 spiro atoms. The van der Waals surface area contributed by atoms with Crippen molar-refractivity contribution in [2.24, 2.45) is 21.1 Å². The Morgan fingerprint density at radius 1 is 0.964 bits per heavy atom. The Bertz CT molecular complexity index is 1130. The molecule has 0 unspecified atom stereocenters. The van der Waals surface area contributed by atoms with Gasteiger partial charge in [-0.15, -0.1) is 0 Å². The Morgan fingerprint density at radius 3 is 2.39 bits per heavy atom. The predicted octanol–water partition coefficient (Wildman–Crippen LogP) is 1.14. The maximum absolute atomic E-state index is 12.4. The average Bonchev–Trinajstić information content (AvgIpc) is 3.01. The van der Waals surface area contributed by atoms with Crippen molar-refractivity contribution in [1.82, 2.24) is 18.7 Å². The van der Waals surface area contributed by atoms with Crippen LogP contribution >= 0.6 is 0 Å². The number of aromatic nitrogens is 4. The van der Waals surface area contributed by atoms with Crippen molar-refractivity contribution >= 4 is 11.2 Å². The van der Waals surface area contributed by atoms with Crippen LogP contribution in [0.5, 0.6) is 17.5 Å². The molecule has 0 bridgehead atoms. The molecule has 0 aliphatic heterocycles. The number of rotatable bonds is 7. The van der Waals surface area contributed by atoms with E-state index in [4.69, 9.17) is 14.2 Å². The van der Waals surface area contributed by atoms with E-state index in [1.165, 1.54) is 11.6 Å². The fraction of sp³-hybridized carbons (Fsp3) is 0.421. The van der Waals surface area contributed by atoms with Crippen LogP contribution in [0.3, 0.4) is 0 Å². The Morgan fingerprint density at radius 2 is 1.68 bits per heavy atom. The molecule has 0 amide bonds. The van der Waals surface area contributed by atoms with Crippen molar-refractivity contribution in [3.63, 3.8) is 0 Å². The Hall–Kier alpha value is -3.23. The number of ether oxygens (including phenoxy) is 3. The van der Waals surface area contributed by atoms with E-state index in [1.807, 2.05) is 25.1 Å². The van der Waals surface area contributed by atoms with Gasteiger partial charge in [0, 0.05) is 27.6 Å². The number of nitrogens with zero attached hydrogens (tertiary/aromatic N) is 4. The van der Waals surface area contributed by atoms with Gasteiger partial charge in [-0.2, -0.15) is 4.98 Å².